The zero-order valence-electron chi connectivity index (χ0n) is 16.5. The Bertz CT molecular complexity index is 981. The molecule has 1 amide bonds. The summed E-state index contributed by atoms with van der Waals surface area (Å²) < 4.78 is 57.6. The molecule has 3 aliphatic heterocycles. The van der Waals surface area contributed by atoms with Crippen LogP contribution in [0.2, 0.25) is 0 Å². The van der Waals surface area contributed by atoms with E-state index in [-0.39, 0.29) is 42.7 Å². The number of nitrogens with zero attached hydrogens (tertiary/aromatic N) is 2. The van der Waals surface area contributed by atoms with E-state index in [1.54, 1.807) is 25.7 Å². The topological polar surface area (TPSA) is 85.4 Å². The first kappa shape index (κ1) is 20.0. The Labute approximate surface area is 168 Å². The van der Waals surface area contributed by atoms with Crippen molar-refractivity contribution in [1.29, 1.82) is 0 Å². The van der Waals surface area contributed by atoms with Gasteiger partial charge in [0, 0.05) is 32.2 Å². The molecule has 3 aliphatic rings. The SMILES string of the molecule is CC(C)(C)OC(=O)N1CC2=C(C1)CN(S(=O)(=O)c1cc(F)c3c(c1)OCCO3)C2. The molecule has 0 bridgehead atoms. The van der Waals surface area contributed by atoms with Gasteiger partial charge in [0.1, 0.15) is 18.8 Å². The standard InChI is InChI=1S/C19H23FN2O6S/c1-19(2,3)28-18(23)21-8-12-10-22(11-13(12)9-21)29(24,25)14-6-15(20)17-16(7-14)26-4-5-27-17/h6-7H,4-5,8-11H2,1-3H3. The van der Waals surface area contributed by atoms with Crippen LogP contribution in [0.3, 0.4) is 0 Å². The minimum absolute atomic E-state index is 0.0646. The van der Waals surface area contributed by atoms with Crippen LogP contribution >= 0.6 is 0 Å². The molecule has 0 N–H and O–H groups in total. The first-order chi connectivity index (χ1) is 13.5. The van der Waals surface area contributed by atoms with Crippen molar-refractivity contribution in [2.45, 2.75) is 31.3 Å². The predicted octanol–water partition coefficient (Wildman–Crippen LogP) is 2.15. The summed E-state index contributed by atoms with van der Waals surface area (Å²) >= 11 is 0. The highest BCUT2D eigenvalue weighted by Gasteiger charge is 2.39. The molecule has 0 aromatic heterocycles. The first-order valence-electron chi connectivity index (χ1n) is 9.31. The van der Waals surface area contributed by atoms with Crippen molar-refractivity contribution >= 4 is 16.1 Å². The van der Waals surface area contributed by atoms with Crippen molar-refractivity contribution in [3.63, 3.8) is 0 Å². The van der Waals surface area contributed by atoms with E-state index in [0.29, 0.717) is 13.1 Å². The fourth-order valence-corrected chi connectivity index (χ4v) is 5.01. The smallest absolute Gasteiger partial charge is 0.410 e. The number of hydrogen-bond donors (Lipinski definition) is 0. The lowest BCUT2D eigenvalue weighted by Gasteiger charge is -2.26. The van der Waals surface area contributed by atoms with Gasteiger partial charge in [-0.3, -0.25) is 0 Å². The van der Waals surface area contributed by atoms with Crippen molar-refractivity contribution in [3.05, 3.63) is 29.1 Å². The molecule has 29 heavy (non-hydrogen) atoms. The molecule has 0 aliphatic carbocycles. The number of amides is 1. The van der Waals surface area contributed by atoms with E-state index < -0.39 is 27.5 Å². The fourth-order valence-electron chi connectivity index (χ4n) is 3.56. The lowest BCUT2D eigenvalue weighted by Crippen LogP contribution is -2.39. The van der Waals surface area contributed by atoms with Crippen molar-refractivity contribution < 1.29 is 31.8 Å². The molecule has 0 atom stereocenters. The van der Waals surface area contributed by atoms with Crippen LogP contribution in [0.5, 0.6) is 11.5 Å². The van der Waals surface area contributed by atoms with Gasteiger partial charge >= 0.3 is 6.09 Å². The molecule has 8 nitrogen and oxygen atoms in total. The second-order valence-electron chi connectivity index (χ2n) is 8.25. The molecular weight excluding hydrogens is 403 g/mol. The molecule has 1 aromatic carbocycles. The van der Waals surface area contributed by atoms with E-state index in [2.05, 4.69) is 0 Å². The highest BCUT2D eigenvalue weighted by atomic mass is 32.2. The summed E-state index contributed by atoms with van der Waals surface area (Å²) in [5, 5.41) is 0. The second kappa shape index (κ2) is 6.88. The number of ether oxygens (including phenoxy) is 3. The maximum atomic E-state index is 14.3. The van der Waals surface area contributed by atoms with Crippen LogP contribution in [-0.2, 0) is 14.8 Å². The third-order valence-corrected chi connectivity index (χ3v) is 6.63. The van der Waals surface area contributed by atoms with Gasteiger partial charge in [-0.1, -0.05) is 0 Å². The molecule has 0 fully saturated rings. The minimum Gasteiger partial charge on any atom is -0.486 e. The Kier molecular flexibility index (Phi) is 4.73. The largest absolute Gasteiger partial charge is 0.486 e. The highest BCUT2D eigenvalue weighted by molar-refractivity contribution is 7.89. The number of halogens is 1. The highest BCUT2D eigenvalue weighted by Crippen LogP contribution is 2.37. The Morgan fingerprint density at radius 2 is 1.69 bits per heavy atom. The summed E-state index contributed by atoms with van der Waals surface area (Å²) in [6, 6.07) is 2.25. The fraction of sp³-hybridized carbons (Fsp3) is 0.526. The van der Waals surface area contributed by atoms with Crippen molar-refractivity contribution in [3.8, 4) is 11.5 Å². The average molecular weight is 426 g/mol. The molecule has 0 saturated heterocycles. The summed E-state index contributed by atoms with van der Waals surface area (Å²) in [6.07, 6.45) is -0.421. The molecule has 1 aromatic rings. The number of carbonyl (C=O) groups is 1. The van der Waals surface area contributed by atoms with Gasteiger partial charge in [0.05, 0.1) is 4.90 Å². The molecule has 0 radical (unpaired) electrons. The quantitative estimate of drug-likeness (QED) is 0.674. The van der Waals surface area contributed by atoms with Gasteiger partial charge in [0.2, 0.25) is 10.0 Å². The molecule has 10 heteroatoms. The zero-order valence-corrected chi connectivity index (χ0v) is 17.3. The van der Waals surface area contributed by atoms with E-state index in [0.717, 1.165) is 17.2 Å². The zero-order chi connectivity index (χ0) is 21.0. The van der Waals surface area contributed by atoms with Crippen molar-refractivity contribution in [2.24, 2.45) is 0 Å². The van der Waals surface area contributed by atoms with Gasteiger partial charge < -0.3 is 19.1 Å². The van der Waals surface area contributed by atoms with E-state index in [4.69, 9.17) is 14.2 Å². The summed E-state index contributed by atoms with van der Waals surface area (Å²) in [5.74, 6) is -0.743. The summed E-state index contributed by atoms with van der Waals surface area (Å²) in [5.41, 5.74) is 1.15. The van der Waals surface area contributed by atoms with Gasteiger partial charge in [-0.25, -0.2) is 17.6 Å². The van der Waals surface area contributed by atoms with Gasteiger partial charge in [0.15, 0.2) is 17.3 Å². The number of carbonyl (C=O) groups excluding carboxylic acids is 1. The van der Waals surface area contributed by atoms with Gasteiger partial charge in [-0.2, -0.15) is 4.31 Å². The van der Waals surface area contributed by atoms with Crippen LogP contribution in [0.1, 0.15) is 20.8 Å². The van der Waals surface area contributed by atoms with E-state index in [1.807, 2.05) is 0 Å². The molecule has 4 rings (SSSR count). The molecular formula is C19H23FN2O6S. The van der Waals surface area contributed by atoms with Crippen LogP contribution in [0, 0.1) is 5.82 Å². The number of fused-ring (bicyclic) bond motifs is 1. The van der Waals surface area contributed by atoms with Crippen LogP contribution < -0.4 is 9.47 Å². The van der Waals surface area contributed by atoms with Crippen LogP contribution in [0.4, 0.5) is 9.18 Å². The maximum Gasteiger partial charge on any atom is 0.410 e. The van der Waals surface area contributed by atoms with Crippen molar-refractivity contribution in [2.75, 3.05) is 39.4 Å². The van der Waals surface area contributed by atoms with Crippen molar-refractivity contribution in [1.82, 2.24) is 9.21 Å². The summed E-state index contributed by atoms with van der Waals surface area (Å²) in [6.45, 7) is 6.80. The Balaban J connectivity index is 1.47. The molecule has 0 spiro atoms. The molecule has 0 saturated carbocycles. The van der Waals surface area contributed by atoms with E-state index in [1.165, 1.54) is 10.4 Å². The average Bonchev–Trinajstić information content (AvgIpc) is 3.20. The monoisotopic (exact) mass is 426 g/mol. The Morgan fingerprint density at radius 1 is 1.07 bits per heavy atom. The summed E-state index contributed by atoms with van der Waals surface area (Å²) in [7, 11) is -3.92. The van der Waals surface area contributed by atoms with E-state index >= 15 is 0 Å². The maximum absolute atomic E-state index is 14.3. The lowest BCUT2D eigenvalue weighted by atomic mass is 10.2. The normalized spacial score (nSPS) is 19.5. The van der Waals surface area contributed by atoms with E-state index in [9.17, 15) is 17.6 Å². The number of hydrogen-bond acceptors (Lipinski definition) is 6. The van der Waals surface area contributed by atoms with Gasteiger partial charge in [0.25, 0.3) is 0 Å². The lowest BCUT2D eigenvalue weighted by molar-refractivity contribution is 0.0295. The van der Waals surface area contributed by atoms with Crippen LogP contribution in [0.25, 0.3) is 0 Å². The minimum atomic E-state index is -3.92. The third-order valence-electron chi connectivity index (χ3n) is 4.86. The number of sulfonamides is 1. The Hall–Kier alpha value is -2.33. The molecule has 3 heterocycles. The second-order valence-corrected chi connectivity index (χ2v) is 10.2. The number of benzene rings is 1. The molecule has 0 unspecified atom stereocenters. The van der Waals surface area contributed by atoms with Crippen LogP contribution in [0.15, 0.2) is 28.2 Å². The molecule has 158 valence electrons. The first-order valence-corrected chi connectivity index (χ1v) is 10.8. The van der Waals surface area contributed by atoms with Gasteiger partial charge in [-0.05, 0) is 38.0 Å². The number of rotatable bonds is 2. The third kappa shape index (κ3) is 3.78. The van der Waals surface area contributed by atoms with Crippen LogP contribution in [-0.4, -0.2) is 68.7 Å². The Morgan fingerprint density at radius 3 is 2.31 bits per heavy atom. The van der Waals surface area contributed by atoms with Gasteiger partial charge in [-0.15, -0.1) is 0 Å². The predicted molar refractivity (Wildman–Crippen MR) is 101 cm³/mol. The summed E-state index contributed by atoms with van der Waals surface area (Å²) in [4.78, 5) is 13.6.